The average molecular weight is 829 g/mol. The number of hydrogen-bond donors (Lipinski definition) is 0. The lowest BCUT2D eigenvalue weighted by atomic mass is 9.92. The molecule has 0 bridgehead atoms. The molecule has 2 aromatic heterocycles. The summed E-state index contributed by atoms with van der Waals surface area (Å²) in [5, 5.41) is 9.65. The SMILES string of the molecule is c1ccc(-c2cccc(-n3c4ccccc4c4cc5ccccc5cc43)c2-c2ccc(N(c3ccc(-c4ccc5ccccc5c4)cc3)c3ccc4c(c3)oc3ccccc34)cc2)cc1. The highest BCUT2D eigenvalue weighted by Crippen LogP contribution is 2.44. The normalized spacial score (nSPS) is 11.7. The minimum absolute atomic E-state index is 0.860. The summed E-state index contributed by atoms with van der Waals surface area (Å²) in [6.07, 6.45) is 0. The summed E-state index contributed by atoms with van der Waals surface area (Å²) >= 11 is 0. The first kappa shape index (κ1) is 36.9. The number of aromatic nitrogens is 1. The van der Waals surface area contributed by atoms with Crippen LogP contribution in [0.25, 0.3) is 104 Å². The van der Waals surface area contributed by atoms with Gasteiger partial charge < -0.3 is 13.9 Å². The zero-order valence-electron chi connectivity index (χ0n) is 35.4. The molecule has 0 unspecified atom stereocenters. The van der Waals surface area contributed by atoms with Crippen molar-refractivity contribution in [1.29, 1.82) is 0 Å². The molecule has 0 aliphatic carbocycles. The minimum atomic E-state index is 0.860. The molecule has 0 aliphatic heterocycles. The van der Waals surface area contributed by atoms with E-state index in [-0.39, 0.29) is 0 Å². The summed E-state index contributed by atoms with van der Waals surface area (Å²) in [5.74, 6) is 0. The maximum absolute atomic E-state index is 6.46. The van der Waals surface area contributed by atoms with Crippen LogP contribution >= 0.6 is 0 Å². The van der Waals surface area contributed by atoms with Crippen LogP contribution in [0.4, 0.5) is 17.1 Å². The lowest BCUT2D eigenvalue weighted by Gasteiger charge is -2.26. The van der Waals surface area contributed by atoms with Gasteiger partial charge in [-0.15, -0.1) is 0 Å². The van der Waals surface area contributed by atoms with E-state index in [1.54, 1.807) is 0 Å². The summed E-state index contributed by atoms with van der Waals surface area (Å²) < 4.78 is 8.93. The highest BCUT2D eigenvalue weighted by atomic mass is 16.3. The van der Waals surface area contributed by atoms with E-state index in [4.69, 9.17) is 4.42 Å². The van der Waals surface area contributed by atoms with Gasteiger partial charge in [0.25, 0.3) is 0 Å². The Kier molecular flexibility index (Phi) is 8.53. The molecule has 11 aromatic carbocycles. The van der Waals surface area contributed by atoms with Gasteiger partial charge in [-0.3, -0.25) is 0 Å². The van der Waals surface area contributed by atoms with E-state index in [0.717, 1.165) is 50.3 Å². The largest absolute Gasteiger partial charge is 0.456 e. The second-order valence-corrected chi connectivity index (χ2v) is 16.9. The summed E-state index contributed by atoms with van der Waals surface area (Å²) in [5.41, 5.74) is 15.4. The Balaban J connectivity index is 0.984. The lowest BCUT2D eigenvalue weighted by molar-refractivity contribution is 0.669. The molecule has 0 saturated carbocycles. The Morgan fingerprint density at radius 1 is 0.308 bits per heavy atom. The van der Waals surface area contributed by atoms with Crippen molar-refractivity contribution in [3.05, 3.63) is 243 Å². The molecule has 13 aromatic rings. The van der Waals surface area contributed by atoms with Gasteiger partial charge >= 0.3 is 0 Å². The lowest BCUT2D eigenvalue weighted by Crippen LogP contribution is -2.10. The topological polar surface area (TPSA) is 21.3 Å². The number of furan rings is 1. The summed E-state index contributed by atoms with van der Waals surface area (Å²) in [6.45, 7) is 0. The smallest absolute Gasteiger partial charge is 0.137 e. The molecule has 0 aliphatic rings. The molecule has 65 heavy (non-hydrogen) atoms. The van der Waals surface area contributed by atoms with Crippen LogP contribution in [-0.2, 0) is 0 Å². The Bertz CT molecular complexity index is 3930. The summed E-state index contributed by atoms with van der Waals surface area (Å²) in [6, 6.07) is 87.8. The zero-order valence-corrected chi connectivity index (χ0v) is 35.4. The van der Waals surface area contributed by atoms with E-state index in [1.807, 2.05) is 12.1 Å². The van der Waals surface area contributed by atoms with Gasteiger partial charge in [-0.2, -0.15) is 0 Å². The quantitative estimate of drug-likeness (QED) is 0.160. The van der Waals surface area contributed by atoms with E-state index in [2.05, 4.69) is 240 Å². The number of anilines is 3. The first-order chi connectivity index (χ1) is 32.2. The van der Waals surface area contributed by atoms with Crippen LogP contribution in [-0.4, -0.2) is 4.57 Å². The van der Waals surface area contributed by atoms with Gasteiger partial charge in [-0.05, 0) is 122 Å². The molecule has 0 fully saturated rings. The van der Waals surface area contributed by atoms with Gasteiger partial charge in [-0.1, -0.05) is 164 Å². The fourth-order valence-corrected chi connectivity index (χ4v) is 10.1. The molecule has 13 rings (SSSR count). The molecule has 0 amide bonds. The first-order valence-electron chi connectivity index (χ1n) is 22.2. The van der Waals surface area contributed by atoms with Crippen LogP contribution in [0, 0.1) is 0 Å². The number of para-hydroxylation sites is 2. The summed E-state index contributed by atoms with van der Waals surface area (Å²) in [4.78, 5) is 2.34. The molecular formula is C62H40N2O. The monoisotopic (exact) mass is 828 g/mol. The third kappa shape index (κ3) is 6.20. The Morgan fingerprint density at radius 3 is 1.69 bits per heavy atom. The zero-order chi connectivity index (χ0) is 42.8. The number of nitrogens with zero attached hydrogens (tertiary/aromatic N) is 2. The molecule has 304 valence electrons. The van der Waals surface area contributed by atoms with Gasteiger partial charge in [-0.25, -0.2) is 0 Å². The van der Waals surface area contributed by atoms with E-state index in [1.165, 1.54) is 71.2 Å². The van der Waals surface area contributed by atoms with E-state index >= 15 is 0 Å². The fraction of sp³-hybridized carbons (Fsp3) is 0. The highest BCUT2D eigenvalue weighted by molar-refractivity contribution is 6.14. The van der Waals surface area contributed by atoms with Crippen molar-refractivity contribution in [2.75, 3.05) is 4.90 Å². The van der Waals surface area contributed by atoms with Gasteiger partial charge in [0, 0.05) is 50.2 Å². The van der Waals surface area contributed by atoms with Gasteiger partial charge in [0.2, 0.25) is 0 Å². The van der Waals surface area contributed by atoms with E-state index in [0.29, 0.717) is 0 Å². The minimum Gasteiger partial charge on any atom is -0.456 e. The van der Waals surface area contributed by atoms with Crippen LogP contribution in [0.1, 0.15) is 0 Å². The molecule has 0 saturated heterocycles. The van der Waals surface area contributed by atoms with Gasteiger partial charge in [0.1, 0.15) is 11.2 Å². The van der Waals surface area contributed by atoms with Crippen molar-refractivity contribution < 1.29 is 4.42 Å². The maximum atomic E-state index is 6.46. The Morgan fingerprint density at radius 2 is 0.908 bits per heavy atom. The highest BCUT2D eigenvalue weighted by Gasteiger charge is 2.21. The molecule has 3 nitrogen and oxygen atoms in total. The van der Waals surface area contributed by atoms with Crippen molar-refractivity contribution >= 4 is 82.4 Å². The second-order valence-electron chi connectivity index (χ2n) is 16.9. The third-order valence-electron chi connectivity index (χ3n) is 13.2. The average Bonchev–Trinajstić information content (AvgIpc) is 3.91. The number of benzene rings is 11. The van der Waals surface area contributed by atoms with Crippen molar-refractivity contribution in [2.45, 2.75) is 0 Å². The molecule has 0 atom stereocenters. The van der Waals surface area contributed by atoms with Crippen LogP contribution in [0.3, 0.4) is 0 Å². The molecule has 0 radical (unpaired) electrons. The molecule has 3 heteroatoms. The van der Waals surface area contributed by atoms with Crippen LogP contribution in [0.15, 0.2) is 247 Å². The number of rotatable bonds is 7. The van der Waals surface area contributed by atoms with E-state index < -0.39 is 0 Å². The predicted molar refractivity (Wildman–Crippen MR) is 274 cm³/mol. The van der Waals surface area contributed by atoms with Crippen LogP contribution < -0.4 is 4.90 Å². The standard InChI is InChI=1S/C62H40N2O/c1-2-14-43(15-3-1)52-21-12-23-58(64-57-22-10-8-19-53(57)56-38-46-17-6-7-18-47(46)39-59(56)64)62(52)44-29-33-50(34-30-44)63(51-35-36-55-54-20-9-11-24-60(54)65-61(55)40-51)49-31-27-42(28-32-49)48-26-25-41-13-4-5-16-45(41)37-48/h1-40H. The molecule has 0 spiro atoms. The van der Waals surface area contributed by atoms with Gasteiger partial charge in [0.15, 0.2) is 0 Å². The molecule has 0 N–H and O–H groups in total. The van der Waals surface area contributed by atoms with Crippen molar-refractivity contribution in [1.82, 2.24) is 4.57 Å². The maximum Gasteiger partial charge on any atom is 0.137 e. The second kappa shape index (κ2) is 15.0. The first-order valence-corrected chi connectivity index (χ1v) is 22.2. The van der Waals surface area contributed by atoms with Crippen molar-refractivity contribution in [3.8, 4) is 39.1 Å². The van der Waals surface area contributed by atoms with Crippen LogP contribution in [0.5, 0.6) is 0 Å². The fourth-order valence-electron chi connectivity index (χ4n) is 10.1. The van der Waals surface area contributed by atoms with Crippen molar-refractivity contribution in [3.63, 3.8) is 0 Å². The summed E-state index contributed by atoms with van der Waals surface area (Å²) in [7, 11) is 0. The Hall–Kier alpha value is -8.66. The van der Waals surface area contributed by atoms with E-state index in [9.17, 15) is 0 Å². The third-order valence-corrected chi connectivity index (χ3v) is 13.2. The number of hydrogen-bond acceptors (Lipinski definition) is 2. The van der Waals surface area contributed by atoms with Crippen LogP contribution in [0.2, 0.25) is 0 Å². The number of fused-ring (bicyclic) bond motifs is 8. The Labute approximate surface area is 376 Å². The molecular weight excluding hydrogens is 789 g/mol. The molecule has 2 heterocycles. The van der Waals surface area contributed by atoms with Crippen molar-refractivity contribution in [2.24, 2.45) is 0 Å². The predicted octanol–water partition coefficient (Wildman–Crippen LogP) is 17.5. The van der Waals surface area contributed by atoms with Gasteiger partial charge in [0.05, 0.1) is 16.7 Å².